The number of methoxy groups -OCH3 is 1. The molecular formula is C48H84N8O11. The smallest absolute Gasteiger partial charge is 0.330 e. The summed E-state index contributed by atoms with van der Waals surface area (Å²) in [7, 11) is 1.21. The number of carbonyl (C=O) groups is 8. The quantitative estimate of drug-likeness (QED) is 0.0283. The first kappa shape index (κ1) is 60.1. The van der Waals surface area contributed by atoms with E-state index in [0.29, 0.717) is 19.6 Å². The van der Waals surface area contributed by atoms with Crippen LogP contribution in [0.25, 0.3) is 0 Å². The minimum absolute atomic E-state index is 0.0330. The van der Waals surface area contributed by atoms with Crippen LogP contribution in [0.5, 0.6) is 0 Å². The molecule has 7 atom stereocenters. The molecule has 1 aliphatic heterocycles. The summed E-state index contributed by atoms with van der Waals surface area (Å²) in [6.07, 6.45) is 4.27. The van der Waals surface area contributed by atoms with Crippen molar-refractivity contribution in [3.63, 3.8) is 0 Å². The van der Waals surface area contributed by atoms with Crippen LogP contribution >= 0.6 is 0 Å². The zero-order chi connectivity index (χ0) is 51.2. The molecule has 382 valence electrons. The fourth-order valence-corrected chi connectivity index (χ4v) is 7.26. The number of hydrogen-bond acceptors (Lipinski definition) is 12. The zero-order valence-electron chi connectivity index (χ0n) is 42.5. The van der Waals surface area contributed by atoms with E-state index in [0.717, 1.165) is 0 Å². The van der Waals surface area contributed by atoms with Crippen LogP contribution in [-0.4, -0.2) is 134 Å². The Labute approximate surface area is 399 Å². The van der Waals surface area contributed by atoms with Gasteiger partial charge in [0.1, 0.15) is 41.3 Å². The van der Waals surface area contributed by atoms with E-state index in [2.05, 4.69) is 55.7 Å². The first-order valence-corrected chi connectivity index (χ1v) is 23.6. The number of carbonyl (C=O) groups excluding carboxylic acids is 8. The number of amides is 7. The monoisotopic (exact) mass is 949 g/mol. The molecule has 1 heterocycles. The van der Waals surface area contributed by atoms with Crippen molar-refractivity contribution in [1.29, 1.82) is 0 Å². The molecular weight excluding hydrogens is 865 g/mol. The summed E-state index contributed by atoms with van der Waals surface area (Å²) in [6, 6.07) is -6.09. The molecule has 1 aliphatic rings. The number of ether oxygens (including phenoxy) is 3. The minimum Gasteiger partial charge on any atom is -0.467 e. The zero-order valence-corrected chi connectivity index (χ0v) is 42.5. The summed E-state index contributed by atoms with van der Waals surface area (Å²) in [6.45, 7) is 29.3. The molecule has 67 heavy (non-hydrogen) atoms. The van der Waals surface area contributed by atoms with Gasteiger partial charge in [-0.25, -0.2) is 4.79 Å². The maximum Gasteiger partial charge on any atom is 0.330 e. The molecule has 0 unspecified atom stereocenters. The molecule has 0 saturated carbocycles. The van der Waals surface area contributed by atoms with Crippen LogP contribution in [0.2, 0.25) is 0 Å². The largest absolute Gasteiger partial charge is 0.467 e. The van der Waals surface area contributed by atoms with Crippen LogP contribution in [0.3, 0.4) is 0 Å². The van der Waals surface area contributed by atoms with Crippen LogP contribution in [0.4, 0.5) is 0 Å². The average molecular weight is 949 g/mol. The minimum atomic E-state index is -1.61. The molecule has 1 saturated heterocycles. The van der Waals surface area contributed by atoms with E-state index in [-0.39, 0.29) is 75.1 Å². The van der Waals surface area contributed by atoms with Gasteiger partial charge < -0.3 is 56.7 Å². The molecule has 0 radical (unpaired) electrons. The maximum absolute atomic E-state index is 14.1. The van der Waals surface area contributed by atoms with E-state index in [1.54, 1.807) is 12.2 Å². The summed E-state index contributed by atoms with van der Waals surface area (Å²) >= 11 is 0. The Morgan fingerprint density at radius 3 is 1.45 bits per heavy atom. The van der Waals surface area contributed by atoms with Crippen LogP contribution in [0, 0.1) is 23.7 Å². The third kappa shape index (κ3) is 22.2. The summed E-state index contributed by atoms with van der Waals surface area (Å²) < 4.78 is 16.0. The number of nitrogens with one attached hydrogen (secondary N) is 8. The Bertz CT molecular complexity index is 1680. The highest BCUT2D eigenvalue weighted by Crippen LogP contribution is 2.16. The average Bonchev–Trinajstić information content (AvgIpc) is 3.70. The van der Waals surface area contributed by atoms with Crippen molar-refractivity contribution in [1.82, 2.24) is 42.5 Å². The Balaban J connectivity index is 3.29. The second-order valence-electron chi connectivity index (χ2n) is 20.1. The van der Waals surface area contributed by atoms with Crippen molar-refractivity contribution >= 4 is 47.3 Å². The lowest BCUT2D eigenvalue weighted by Crippen LogP contribution is -2.63. The van der Waals surface area contributed by atoms with E-state index in [1.807, 2.05) is 55.4 Å². The Hall–Kier alpha value is -4.88. The molecule has 19 nitrogen and oxygen atoms in total. The molecule has 0 aromatic heterocycles. The van der Waals surface area contributed by atoms with Crippen molar-refractivity contribution < 1.29 is 52.6 Å². The van der Waals surface area contributed by atoms with E-state index >= 15 is 0 Å². The maximum atomic E-state index is 14.1. The molecule has 0 aromatic carbocycles. The van der Waals surface area contributed by atoms with Gasteiger partial charge in [-0.15, -0.1) is 13.2 Å². The van der Waals surface area contributed by atoms with Crippen molar-refractivity contribution in [2.75, 3.05) is 33.5 Å². The van der Waals surface area contributed by atoms with Crippen molar-refractivity contribution in [3.8, 4) is 0 Å². The van der Waals surface area contributed by atoms with Gasteiger partial charge in [-0.3, -0.25) is 33.6 Å². The second-order valence-corrected chi connectivity index (χ2v) is 20.1. The topological polar surface area (TPSA) is 260 Å². The lowest BCUT2D eigenvalue weighted by atomic mass is 9.96. The molecule has 19 heteroatoms. The van der Waals surface area contributed by atoms with Gasteiger partial charge >= 0.3 is 5.97 Å². The fraction of sp³-hybridized carbons (Fsp3) is 0.750. The van der Waals surface area contributed by atoms with Crippen LogP contribution in [0.15, 0.2) is 25.3 Å². The van der Waals surface area contributed by atoms with Gasteiger partial charge in [0.25, 0.3) is 0 Å². The van der Waals surface area contributed by atoms with Gasteiger partial charge in [0.2, 0.25) is 41.4 Å². The number of hydrogen-bond donors (Lipinski definition) is 8. The first-order valence-electron chi connectivity index (χ1n) is 23.6. The normalized spacial score (nSPS) is 17.4. The summed E-state index contributed by atoms with van der Waals surface area (Å²) in [5, 5.41) is 22.4. The third-order valence-electron chi connectivity index (χ3n) is 10.8. The highest BCUT2D eigenvalue weighted by molar-refractivity contribution is 5.99. The van der Waals surface area contributed by atoms with Gasteiger partial charge in [0, 0.05) is 13.2 Å². The van der Waals surface area contributed by atoms with Gasteiger partial charge in [-0.05, 0) is 89.9 Å². The van der Waals surface area contributed by atoms with Crippen LogP contribution < -0.4 is 42.5 Å². The Morgan fingerprint density at radius 1 is 0.597 bits per heavy atom. The van der Waals surface area contributed by atoms with E-state index in [4.69, 9.17) is 14.2 Å². The molecule has 1 fully saturated rings. The predicted octanol–water partition coefficient (Wildman–Crippen LogP) is 2.08. The van der Waals surface area contributed by atoms with Crippen molar-refractivity contribution in [2.24, 2.45) is 23.7 Å². The Kier molecular flexibility index (Phi) is 26.1. The van der Waals surface area contributed by atoms with Crippen LogP contribution in [0.1, 0.15) is 122 Å². The SMILES string of the molecule is C=CCOCC[C@H](NC(=O)[C@@H]1C[C@H](OCC=C)CN1)C(=O)N[C@@H](CC(C)C)C(=O)N[C@@H](CC(C)C)C(=O)NC(C)(C)C(=O)N[C@@H](CC(C)C)C(=O)N[C@@H](CC(C)C)C(=O)NC(C)(C)C(=O)OC. The molecule has 0 spiro atoms. The summed E-state index contributed by atoms with van der Waals surface area (Å²) in [5.41, 5.74) is -2.99. The summed E-state index contributed by atoms with van der Waals surface area (Å²) in [4.78, 5) is 109. The third-order valence-corrected chi connectivity index (χ3v) is 10.8. The molecule has 0 aliphatic carbocycles. The number of esters is 1. The van der Waals surface area contributed by atoms with Gasteiger partial charge in [0.05, 0.1) is 32.5 Å². The Morgan fingerprint density at radius 2 is 1.01 bits per heavy atom. The van der Waals surface area contributed by atoms with Gasteiger partial charge in [-0.2, -0.15) is 0 Å². The standard InChI is InChI=1S/C48H84N8O11/c1-16-19-66-21-18-33(50-40(58)34-26-32(27-49-34)67-20-17-2)39(57)51-35(22-28(3)4)41(59)52-37(24-30(7)8)43(61)55-47(11,12)45(63)54-36(23-29(5)6)42(60)53-38(25-31(9)10)44(62)56-48(13,14)46(64)65-15/h16-17,28-38,49H,1-2,18-27H2,3-15H3,(H,50,58)(H,51,57)(H,52,59)(H,53,60)(H,54,63)(H,55,61)(H,56,62)/t32-,33-,34-,35-,36-,37-,38-/m0/s1. The van der Waals surface area contributed by atoms with E-state index < -0.39 is 94.6 Å². The highest BCUT2D eigenvalue weighted by atomic mass is 16.5. The summed E-state index contributed by atoms with van der Waals surface area (Å²) in [5.74, 6) is -5.22. The number of rotatable bonds is 31. The molecule has 8 N–H and O–H groups in total. The van der Waals surface area contributed by atoms with Crippen LogP contribution in [-0.2, 0) is 52.6 Å². The molecule has 0 bridgehead atoms. The fourth-order valence-electron chi connectivity index (χ4n) is 7.26. The van der Waals surface area contributed by atoms with Gasteiger partial charge in [0.15, 0.2) is 0 Å². The predicted molar refractivity (Wildman–Crippen MR) is 256 cm³/mol. The molecule has 1 rings (SSSR count). The lowest BCUT2D eigenvalue weighted by molar-refractivity contribution is -0.149. The van der Waals surface area contributed by atoms with E-state index in [1.165, 1.54) is 34.8 Å². The highest BCUT2D eigenvalue weighted by Gasteiger charge is 2.39. The first-order chi connectivity index (χ1) is 31.2. The second kappa shape index (κ2) is 29.1. The van der Waals surface area contributed by atoms with E-state index in [9.17, 15) is 38.4 Å². The van der Waals surface area contributed by atoms with Crippen molar-refractivity contribution in [2.45, 2.75) is 175 Å². The van der Waals surface area contributed by atoms with Crippen molar-refractivity contribution in [3.05, 3.63) is 25.3 Å². The molecule has 7 amide bonds. The lowest BCUT2D eigenvalue weighted by Gasteiger charge is -2.32. The molecule has 0 aromatic rings. The van der Waals surface area contributed by atoms with Gasteiger partial charge in [-0.1, -0.05) is 67.5 Å².